The van der Waals surface area contributed by atoms with Crippen molar-refractivity contribution in [2.45, 2.75) is 25.7 Å². The van der Waals surface area contributed by atoms with Crippen molar-refractivity contribution in [2.75, 3.05) is 48.3 Å². The Morgan fingerprint density at radius 3 is 1.45 bits per heavy atom. The number of anilines is 2. The third-order valence-electron chi connectivity index (χ3n) is 6.51. The molecule has 4 N–H and O–H groups in total. The molecule has 44 heavy (non-hydrogen) atoms. The molecule has 0 aliphatic carbocycles. The molecule has 0 aliphatic rings. The zero-order valence-electron chi connectivity index (χ0n) is 23.7. The maximum atomic E-state index is 12.1. The van der Waals surface area contributed by atoms with E-state index in [-0.39, 0.29) is 23.3 Å². The van der Waals surface area contributed by atoms with Crippen LogP contribution < -0.4 is 21.3 Å². The fourth-order valence-corrected chi connectivity index (χ4v) is 7.25. The van der Waals surface area contributed by atoms with Crippen LogP contribution in [-0.4, -0.2) is 59.5 Å². The van der Waals surface area contributed by atoms with Crippen LogP contribution in [0.2, 0.25) is 20.1 Å². The summed E-state index contributed by atoms with van der Waals surface area (Å²) in [6.07, 6.45) is 6.72. The fraction of sp³-hybridized carbons (Fsp3) is 0.333. The predicted molar refractivity (Wildman–Crippen MR) is 190 cm³/mol. The van der Waals surface area contributed by atoms with Gasteiger partial charge in [0.1, 0.15) is 0 Å². The number of amides is 2. The number of rotatable bonds is 17. The number of hydrogen-bond donors (Lipinski definition) is 4. The molecule has 4 aromatic rings. The molecule has 0 radical (unpaired) electrons. The van der Waals surface area contributed by atoms with Crippen molar-refractivity contribution in [3.05, 3.63) is 68.9 Å². The van der Waals surface area contributed by atoms with Crippen molar-refractivity contribution in [2.24, 2.45) is 0 Å². The van der Waals surface area contributed by atoms with Crippen LogP contribution in [0.15, 0.2) is 48.8 Å². The highest BCUT2D eigenvalue weighted by molar-refractivity contribution is 8.77. The first-order valence-corrected chi connectivity index (χ1v) is 18.1. The van der Waals surface area contributed by atoms with Crippen LogP contribution in [0.1, 0.15) is 25.7 Å². The van der Waals surface area contributed by atoms with Gasteiger partial charge < -0.3 is 21.3 Å². The number of hydrogen-bond acceptors (Lipinski definition) is 8. The Hall–Kier alpha value is -2.34. The summed E-state index contributed by atoms with van der Waals surface area (Å²) in [5.74, 6) is 0.471. The first kappa shape index (κ1) is 34.5. The van der Waals surface area contributed by atoms with Crippen molar-refractivity contribution in [3.63, 3.8) is 0 Å². The number of unbranched alkanes of at least 4 members (excludes halogenated alkanes) is 2. The number of carbonyl (C=O) groups is 2. The van der Waals surface area contributed by atoms with Gasteiger partial charge in [-0.2, -0.15) is 0 Å². The van der Waals surface area contributed by atoms with E-state index in [1.54, 1.807) is 24.5 Å². The molecule has 0 unspecified atom stereocenters. The van der Waals surface area contributed by atoms with E-state index in [0.717, 1.165) is 58.9 Å². The second-order valence-corrected chi connectivity index (χ2v) is 13.8. The molecule has 234 valence electrons. The van der Waals surface area contributed by atoms with Gasteiger partial charge in [0.05, 0.1) is 54.0 Å². The van der Waals surface area contributed by atoms with Crippen LogP contribution >= 0.6 is 68.0 Å². The third kappa shape index (κ3) is 10.1. The molecule has 0 bridgehead atoms. The smallest absolute Gasteiger partial charge is 0.230 e. The summed E-state index contributed by atoms with van der Waals surface area (Å²) in [5, 5.41) is 16.4. The zero-order valence-corrected chi connectivity index (χ0v) is 28.4. The number of halogens is 4. The van der Waals surface area contributed by atoms with E-state index >= 15 is 0 Å². The lowest BCUT2D eigenvalue weighted by molar-refractivity contribution is -0.119. The average molecular weight is 715 g/mol. The quantitative estimate of drug-likeness (QED) is 0.0643. The Bertz CT molecular complexity index is 1480. The average Bonchev–Trinajstić information content (AvgIpc) is 3.01. The summed E-state index contributed by atoms with van der Waals surface area (Å²) in [4.78, 5) is 33.1. The van der Waals surface area contributed by atoms with Crippen molar-refractivity contribution in [1.29, 1.82) is 0 Å². The molecule has 2 heterocycles. The van der Waals surface area contributed by atoms with E-state index in [9.17, 15) is 9.59 Å². The number of fused-ring (bicyclic) bond motifs is 2. The Balaban J connectivity index is 1.00. The summed E-state index contributed by atoms with van der Waals surface area (Å²) < 4.78 is 0. The van der Waals surface area contributed by atoms with Gasteiger partial charge >= 0.3 is 0 Å². The van der Waals surface area contributed by atoms with Gasteiger partial charge in [-0.25, -0.2) is 0 Å². The normalized spacial score (nSPS) is 11.1. The lowest BCUT2D eigenvalue weighted by Gasteiger charge is -2.12. The van der Waals surface area contributed by atoms with E-state index < -0.39 is 0 Å². The Morgan fingerprint density at radius 1 is 0.614 bits per heavy atom. The first-order chi connectivity index (χ1) is 21.3. The van der Waals surface area contributed by atoms with Crippen molar-refractivity contribution in [1.82, 2.24) is 20.6 Å². The van der Waals surface area contributed by atoms with Crippen LogP contribution in [0, 0.1) is 0 Å². The van der Waals surface area contributed by atoms with Gasteiger partial charge in [-0.15, -0.1) is 0 Å². The molecule has 8 nitrogen and oxygen atoms in total. The van der Waals surface area contributed by atoms with Crippen LogP contribution in [-0.2, 0) is 9.59 Å². The van der Waals surface area contributed by atoms with Crippen molar-refractivity contribution in [3.8, 4) is 0 Å². The molecule has 0 saturated heterocycles. The molecule has 0 spiro atoms. The predicted octanol–water partition coefficient (Wildman–Crippen LogP) is 8.09. The summed E-state index contributed by atoms with van der Waals surface area (Å²) in [6, 6.07) is 10.9. The number of pyridine rings is 2. The van der Waals surface area contributed by atoms with Gasteiger partial charge in [0.15, 0.2) is 0 Å². The monoisotopic (exact) mass is 712 g/mol. The van der Waals surface area contributed by atoms with Crippen LogP contribution in [0.4, 0.5) is 11.4 Å². The van der Waals surface area contributed by atoms with Crippen molar-refractivity contribution >= 4 is 113 Å². The van der Waals surface area contributed by atoms with Gasteiger partial charge in [-0.05, 0) is 62.1 Å². The minimum Gasteiger partial charge on any atom is -0.382 e. The van der Waals surface area contributed by atoms with Crippen LogP contribution in [0.3, 0.4) is 0 Å². The van der Waals surface area contributed by atoms with Gasteiger partial charge in [0.2, 0.25) is 11.8 Å². The SMILES string of the molecule is O=C(CSSCC(=O)NCCCCNc1c(Cl)cc(Cl)c2cccnc12)NCCCCNc1c(Cl)cc(Cl)c2cccnc12. The minimum atomic E-state index is -0.0527. The maximum absolute atomic E-state index is 12.1. The van der Waals surface area contributed by atoms with E-state index in [1.807, 2.05) is 24.3 Å². The molecule has 0 fully saturated rings. The van der Waals surface area contributed by atoms with Crippen LogP contribution in [0.25, 0.3) is 21.8 Å². The summed E-state index contributed by atoms with van der Waals surface area (Å²) in [7, 11) is 2.74. The highest BCUT2D eigenvalue weighted by atomic mass is 35.5. The Kier molecular flexibility index (Phi) is 14.1. The largest absolute Gasteiger partial charge is 0.382 e. The number of nitrogens with zero attached hydrogens (tertiary/aromatic N) is 2. The number of nitrogens with one attached hydrogen (secondary N) is 4. The Labute approximate surface area is 284 Å². The number of aromatic nitrogens is 2. The zero-order chi connectivity index (χ0) is 31.3. The lowest BCUT2D eigenvalue weighted by atomic mass is 10.2. The highest BCUT2D eigenvalue weighted by Gasteiger charge is 2.12. The van der Waals surface area contributed by atoms with E-state index in [1.165, 1.54) is 21.6 Å². The highest BCUT2D eigenvalue weighted by Crippen LogP contribution is 2.36. The van der Waals surface area contributed by atoms with Gasteiger partial charge in [0, 0.05) is 49.3 Å². The molecule has 0 aliphatic heterocycles. The Morgan fingerprint density at radius 2 is 1.02 bits per heavy atom. The summed E-state index contributed by atoms with van der Waals surface area (Å²) in [6.45, 7) is 2.52. The molecule has 2 amide bonds. The molecule has 2 aromatic carbocycles. The molecule has 0 atom stereocenters. The molecular formula is C30H32Cl4N6O2S2. The van der Waals surface area contributed by atoms with Crippen LogP contribution in [0.5, 0.6) is 0 Å². The number of carbonyl (C=O) groups excluding carboxylic acids is 2. The number of benzene rings is 2. The molecule has 2 aromatic heterocycles. The van der Waals surface area contributed by atoms with Gasteiger partial charge in [-0.1, -0.05) is 68.0 Å². The van der Waals surface area contributed by atoms with E-state index in [4.69, 9.17) is 46.4 Å². The molecule has 4 rings (SSSR count). The standard InChI is InChI=1S/C30H32Cl4N6O2S2/c31-21-15-23(33)29(27-19(21)7-5-13-37-27)39-11-3-1-9-35-25(41)17-43-44-18-26(42)36-10-2-4-12-40-30-24(34)16-22(32)20-8-6-14-38-28(20)30/h5-8,13-16,39-40H,1-4,9-12,17-18H2,(H,35,41)(H,36,42). The first-order valence-electron chi connectivity index (χ1n) is 14.1. The lowest BCUT2D eigenvalue weighted by Crippen LogP contribution is -2.27. The summed E-state index contributed by atoms with van der Waals surface area (Å²) >= 11 is 25.3. The van der Waals surface area contributed by atoms with Gasteiger partial charge in [-0.3, -0.25) is 19.6 Å². The second kappa shape index (κ2) is 18.0. The van der Waals surface area contributed by atoms with E-state index in [2.05, 4.69) is 31.2 Å². The summed E-state index contributed by atoms with van der Waals surface area (Å²) in [5.41, 5.74) is 3.00. The topological polar surface area (TPSA) is 108 Å². The van der Waals surface area contributed by atoms with E-state index in [0.29, 0.717) is 46.3 Å². The second-order valence-electron chi connectivity index (χ2n) is 9.72. The molecular weight excluding hydrogens is 682 g/mol. The van der Waals surface area contributed by atoms with Gasteiger partial charge in [0.25, 0.3) is 0 Å². The third-order valence-corrected chi connectivity index (χ3v) is 9.86. The fourth-order valence-electron chi connectivity index (χ4n) is 4.35. The maximum Gasteiger partial charge on any atom is 0.230 e. The minimum absolute atomic E-state index is 0.0527. The molecule has 0 saturated carbocycles. The molecule has 14 heteroatoms. The van der Waals surface area contributed by atoms with Crippen molar-refractivity contribution < 1.29 is 9.59 Å².